The van der Waals surface area contributed by atoms with Crippen LogP contribution in [0.5, 0.6) is 5.75 Å². The molecule has 19 heavy (non-hydrogen) atoms. The van der Waals surface area contributed by atoms with E-state index in [1.165, 1.54) is 12.8 Å². The molecule has 1 saturated carbocycles. The number of benzene rings is 1. The summed E-state index contributed by atoms with van der Waals surface area (Å²) in [7, 11) is 0. The van der Waals surface area contributed by atoms with Crippen LogP contribution in [0, 0.1) is 5.41 Å². The summed E-state index contributed by atoms with van der Waals surface area (Å²) in [5, 5.41) is 4.29. The molecule has 0 heterocycles. The molecule has 0 radical (unpaired) electrons. The maximum atomic E-state index is 6.19. The first-order valence-corrected chi connectivity index (χ1v) is 7.57. The van der Waals surface area contributed by atoms with Crippen molar-refractivity contribution in [2.75, 3.05) is 6.54 Å². The highest BCUT2D eigenvalue weighted by molar-refractivity contribution is 6.32. The van der Waals surface area contributed by atoms with Crippen molar-refractivity contribution < 1.29 is 4.74 Å². The van der Waals surface area contributed by atoms with Crippen molar-refractivity contribution in [2.24, 2.45) is 5.41 Å². The van der Waals surface area contributed by atoms with Gasteiger partial charge in [0.2, 0.25) is 0 Å². The zero-order valence-electron chi connectivity index (χ0n) is 12.1. The van der Waals surface area contributed by atoms with E-state index in [9.17, 15) is 0 Å². The van der Waals surface area contributed by atoms with Gasteiger partial charge in [-0.3, -0.25) is 0 Å². The van der Waals surface area contributed by atoms with Gasteiger partial charge < -0.3 is 10.1 Å². The van der Waals surface area contributed by atoms with Gasteiger partial charge in [-0.2, -0.15) is 0 Å². The lowest BCUT2D eigenvalue weighted by atomic mass is 9.71. The Labute approximate surface area is 121 Å². The van der Waals surface area contributed by atoms with Gasteiger partial charge in [-0.05, 0) is 43.4 Å². The molecule has 0 amide bonds. The Balaban J connectivity index is 2.15. The molecule has 2 unspecified atom stereocenters. The summed E-state index contributed by atoms with van der Waals surface area (Å²) in [5.41, 5.74) is 0.264. The quantitative estimate of drug-likeness (QED) is 0.890. The van der Waals surface area contributed by atoms with Crippen LogP contribution in [0.1, 0.15) is 40.0 Å². The van der Waals surface area contributed by atoms with Gasteiger partial charge in [-0.25, -0.2) is 0 Å². The van der Waals surface area contributed by atoms with Crippen molar-refractivity contribution in [2.45, 2.75) is 52.2 Å². The Kier molecular flexibility index (Phi) is 4.75. The summed E-state index contributed by atoms with van der Waals surface area (Å²) < 4.78 is 6.19. The average Bonchev–Trinajstić information content (AvgIpc) is 2.36. The molecule has 0 spiro atoms. The van der Waals surface area contributed by atoms with Gasteiger partial charge in [0.15, 0.2) is 0 Å². The number of nitrogens with one attached hydrogen (secondary N) is 1. The normalized spacial score (nSPS) is 26.1. The van der Waals surface area contributed by atoms with Crippen molar-refractivity contribution >= 4 is 11.6 Å². The number of rotatable bonds is 4. The highest BCUT2D eigenvalue weighted by atomic mass is 35.5. The van der Waals surface area contributed by atoms with Crippen LogP contribution in [0.15, 0.2) is 24.3 Å². The van der Waals surface area contributed by atoms with Gasteiger partial charge >= 0.3 is 0 Å². The zero-order chi connectivity index (χ0) is 13.9. The van der Waals surface area contributed by atoms with E-state index in [4.69, 9.17) is 16.3 Å². The number of likely N-dealkylation sites (N-methyl/N-ethyl adjacent to an activating group) is 1. The molecule has 2 atom stereocenters. The minimum absolute atomic E-state index is 0.198. The summed E-state index contributed by atoms with van der Waals surface area (Å²) in [6.45, 7) is 7.76. The fourth-order valence-corrected chi connectivity index (χ4v) is 3.22. The molecule has 1 aromatic rings. The lowest BCUT2D eigenvalue weighted by molar-refractivity contribution is 0.0373. The van der Waals surface area contributed by atoms with Gasteiger partial charge in [0.05, 0.1) is 5.02 Å². The summed E-state index contributed by atoms with van der Waals surface area (Å²) in [6.07, 6.45) is 3.74. The largest absolute Gasteiger partial charge is 0.487 e. The van der Waals surface area contributed by atoms with E-state index in [0.717, 1.165) is 18.7 Å². The van der Waals surface area contributed by atoms with E-state index in [1.54, 1.807) is 0 Å². The Hall–Kier alpha value is -0.730. The average molecular weight is 282 g/mol. The fourth-order valence-electron chi connectivity index (χ4n) is 3.04. The third-order valence-corrected chi connectivity index (χ3v) is 4.37. The molecule has 1 aliphatic rings. The van der Waals surface area contributed by atoms with Crippen LogP contribution < -0.4 is 10.1 Å². The van der Waals surface area contributed by atoms with Crippen LogP contribution in [0.2, 0.25) is 5.02 Å². The molecule has 0 aromatic heterocycles. The third kappa shape index (κ3) is 3.43. The van der Waals surface area contributed by atoms with Gasteiger partial charge in [0.1, 0.15) is 11.9 Å². The Morgan fingerprint density at radius 3 is 2.79 bits per heavy atom. The van der Waals surface area contributed by atoms with Gasteiger partial charge in [-0.1, -0.05) is 44.5 Å². The summed E-state index contributed by atoms with van der Waals surface area (Å²) in [4.78, 5) is 0. The molecular weight excluding hydrogens is 258 g/mol. The molecule has 1 aromatic carbocycles. The van der Waals surface area contributed by atoms with E-state index < -0.39 is 0 Å². The fraction of sp³-hybridized carbons (Fsp3) is 0.625. The summed E-state index contributed by atoms with van der Waals surface area (Å²) in [5.74, 6) is 0.801. The standard InChI is InChI=1S/C16H24ClNO/c1-4-18-15-14(10-7-11-16(15,2)3)19-13-9-6-5-8-12(13)17/h5-6,8-9,14-15,18H,4,7,10-11H2,1-3H3. The van der Waals surface area contributed by atoms with E-state index in [0.29, 0.717) is 11.1 Å². The van der Waals surface area contributed by atoms with Crippen LogP contribution >= 0.6 is 11.6 Å². The maximum Gasteiger partial charge on any atom is 0.138 e. The molecular formula is C16H24ClNO. The second kappa shape index (κ2) is 6.15. The van der Waals surface area contributed by atoms with E-state index in [1.807, 2.05) is 24.3 Å². The van der Waals surface area contributed by atoms with E-state index in [2.05, 4.69) is 26.1 Å². The molecule has 3 heteroatoms. The van der Waals surface area contributed by atoms with E-state index >= 15 is 0 Å². The second-order valence-corrected chi connectivity index (χ2v) is 6.41. The minimum atomic E-state index is 0.198. The predicted molar refractivity (Wildman–Crippen MR) is 81.0 cm³/mol. The Morgan fingerprint density at radius 2 is 2.11 bits per heavy atom. The zero-order valence-corrected chi connectivity index (χ0v) is 12.8. The van der Waals surface area contributed by atoms with Crippen LogP contribution in [-0.4, -0.2) is 18.7 Å². The Morgan fingerprint density at radius 1 is 1.37 bits per heavy atom. The highest BCUT2D eigenvalue weighted by Gasteiger charge is 2.39. The molecule has 106 valence electrons. The number of hydrogen-bond donors (Lipinski definition) is 1. The Bertz CT molecular complexity index is 419. The first-order valence-electron chi connectivity index (χ1n) is 7.19. The third-order valence-electron chi connectivity index (χ3n) is 4.06. The first-order chi connectivity index (χ1) is 9.04. The molecule has 0 bridgehead atoms. The SMILES string of the molecule is CCNC1C(Oc2ccccc2Cl)CCCC1(C)C. The molecule has 1 aliphatic carbocycles. The number of para-hydroxylation sites is 1. The van der Waals surface area contributed by atoms with Crippen molar-refractivity contribution in [3.63, 3.8) is 0 Å². The van der Waals surface area contributed by atoms with E-state index in [-0.39, 0.29) is 11.5 Å². The smallest absolute Gasteiger partial charge is 0.138 e. The maximum absolute atomic E-state index is 6.19. The van der Waals surface area contributed by atoms with Crippen LogP contribution in [0.25, 0.3) is 0 Å². The van der Waals surface area contributed by atoms with Crippen LogP contribution in [0.3, 0.4) is 0 Å². The number of ether oxygens (including phenoxy) is 1. The minimum Gasteiger partial charge on any atom is -0.487 e. The number of hydrogen-bond acceptors (Lipinski definition) is 2. The molecule has 2 nitrogen and oxygen atoms in total. The van der Waals surface area contributed by atoms with Gasteiger partial charge in [0, 0.05) is 6.04 Å². The van der Waals surface area contributed by atoms with Crippen molar-refractivity contribution in [3.05, 3.63) is 29.3 Å². The van der Waals surface area contributed by atoms with Crippen molar-refractivity contribution in [1.82, 2.24) is 5.32 Å². The summed E-state index contributed by atoms with van der Waals surface area (Å²) >= 11 is 6.19. The highest BCUT2D eigenvalue weighted by Crippen LogP contribution is 2.38. The van der Waals surface area contributed by atoms with Crippen molar-refractivity contribution in [3.8, 4) is 5.75 Å². The molecule has 2 rings (SSSR count). The number of halogens is 1. The monoisotopic (exact) mass is 281 g/mol. The lowest BCUT2D eigenvalue weighted by Gasteiger charge is -2.44. The predicted octanol–water partition coefficient (Wildman–Crippen LogP) is 4.28. The van der Waals surface area contributed by atoms with Crippen LogP contribution in [-0.2, 0) is 0 Å². The van der Waals surface area contributed by atoms with Gasteiger partial charge in [-0.15, -0.1) is 0 Å². The molecule has 0 saturated heterocycles. The van der Waals surface area contributed by atoms with Gasteiger partial charge in [0.25, 0.3) is 0 Å². The van der Waals surface area contributed by atoms with Crippen LogP contribution in [0.4, 0.5) is 0 Å². The summed E-state index contributed by atoms with van der Waals surface area (Å²) in [6, 6.07) is 8.11. The lowest BCUT2D eigenvalue weighted by Crippen LogP contribution is -2.54. The topological polar surface area (TPSA) is 21.3 Å². The molecule has 1 N–H and O–H groups in total. The first kappa shape index (κ1) is 14.7. The second-order valence-electron chi connectivity index (χ2n) is 6.00. The molecule has 1 fully saturated rings. The van der Waals surface area contributed by atoms with Crippen molar-refractivity contribution in [1.29, 1.82) is 0 Å². The molecule has 0 aliphatic heterocycles.